The minimum absolute atomic E-state index is 0.0848. The van der Waals surface area contributed by atoms with E-state index in [2.05, 4.69) is 16.2 Å². The average molecular weight is 450 g/mol. The summed E-state index contributed by atoms with van der Waals surface area (Å²) >= 11 is 4.94. The van der Waals surface area contributed by atoms with E-state index in [1.54, 1.807) is 12.1 Å². The van der Waals surface area contributed by atoms with Gasteiger partial charge >= 0.3 is 0 Å². The average Bonchev–Trinajstić information content (AvgIpc) is 2.80. The third-order valence-corrected chi connectivity index (χ3v) is 4.36. The maximum atomic E-state index is 11.9. The summed E-state index contributed by atoms with van der Waals surface area (Å²) in [7, 11) is 0. The van der Waals surface area contributed by atoms with Crippen molar-refractivity contribution in [3.63, 3.8) is 0 Å². The van der Waals surface area contributed by atoms with Gasteiger partial charge in [0.05, 0.1) is 4.92 Å². The monoisotopic (exact) mass is 450 g/mol. The number of rotatable bonds is 6. The van der Waals surface area contributed by atoms with Crippen LogP contribution in [0.5, 0.6) is 5.75 Å². The molecule has 9 nitrogen and oxygen atoms in total. The largest absolute Gasteiger partial charge is 0.484 e. The zero-order valence-electron chi connectivity index (χ0n) is 16.6. The highest BCUT2D eigenvalue weighted by Crippen LogP contribution is 2.20. The Bertz CT molecular complexity index is 1210. The molecule has 3 rings (SSSR count). The maximum Gasteiger partial charge on any atom is 0.276 e. The van der Waals surface area contributed by atoms with Crippen LogP contribution in [0.1, 0.15) is 5.56 Å². The van der Waals surface area contributed by atoms with Crippen molar-refractivity contribution in [2.75, 3.05) is 6.61 Å². The molecule has 0 fully saturated rings. The molecule has 0 atom stereocenters. The number of thiocarbonyl (C=S) groups is 1. The summed E-state index contributed by atoms with van der Waals surface area (Å²) in [6, 6.07) is 19.1. The van der Waals surface area contributed by atoms with Crippen LogP contribution in [0.3, 0.4) is 0 Å². The van der Waals surface area contributed by atoms with Crippen molar-refractivity contribution in [1.29, 1.82) is 0 Å². The number of hydrazine groups is 1. The van der Waals surface area contributed by atoms with E-state index < -0.39 is 16.7 Å². The van der Waals surface area contributed by atoms with E-state index in [1.807, 2.05) is 36.4 Å². The lowest BCUT2D eigenvalue weighted by molar-refractivity contribution is -0.384. The molecule has 3 aromatic rings. The minimum Gasteiger partial charge on any atom is -0.484 e. The van der Waals surface area contributed by atoms with E-state index in [9.17, 15) is 19.7 Å². The Morgan fingerprint density at radius 2 is 1.78 bits per heavy atom. The number of carbonyl (C=O) groups is 2. The molecule has 162 valence electrons. The first kappa shape index (κ1) is 22.4. The summed E-state index contributed by atoms with van der Waals surface area (Å²) < 4.78 is 5.46. The van der Waals surface area contributed by atoms with Gasteiger partial charge in [0, 0.05) is 18.2 Å². The number of nitro benzene ring substituents is 1. The smallest absolute Gasteiger partial charge is 0.276 e. The first-order valence-corrected chi connectivity index (χ1v) is 9.75. The number of amides is 2. The molecule has 0 heterocycles. The van der Waals surface area contributed by atoms with Crippen molar-refractivity contribution in [2.24, 2.45) is 0 Å². The summed E-state index contributed by atoms with van der Waals surface area (Å²) in [5.74, 6) is -0.529. The third kappa shape index (κ3) is 6.61. The van der Waals surface area contributed by atoms with Gasteiger partial charge in [-0.1, -0.05) is 42.5 Å². The molecule has 0 aliphatic heterocycles. The Morgan fingerprint density at radius 3 is 2.56 bits per heavy atom. The van der Waals surface area contributed by atoms with E-state index in [4.69, 9.17) is 17.0 Å². The van der Waals surface area contributed by atoms with Gasteiger partial charge in [-0.15, -0.1) is 0 Å². The number of benzene rings is 3. The molecular formula is C22H18N4O5S. The molecule has 10 heteroatoms. The maximum absolute atomic E-state index is 11.9. The quantitative estimate of drug-likeness (QED) is 0.228. The van der Waals surface area contributed by atoms with E-state index >= 15 is 0 Å². The first-order valence-electron chi connectivity index (χ1n) is 9.34. The molecule has 0 radical (unpaired) electrons. The number of nitrogens with one attached hydrogen (secondary N) is 3. The minimum atomic E-state index is -0.573. The zero-order valence-corrected chi connectivity index (χ0v) is 17.4. The zero-order chi connectivity index (χ0) is 22.9. The third-order valence-electron chi connectivity index (χ3n) is 4.15. The highest BCUT2D eigenvalue weighted by atomic mass is 32.1. The van der Waals surface area contributed by atoms with E-state index in [-0.39, 0.29) is 17.4 Å². The van der Waals surface area contributed by atoms with Crippen molar-refractivity contribution in [1.82, 2.24) is 16.2 Å². The summed E-state index contributed by atoms with van der Waals surface area (Å²) in [6.07, 6.45) is 2.57. The summed E-state index contributed by atoms with van der Waals surface area (Å²) in [6.45, 7) is -0.255. The van der Waals surface area contributed by atoms with Gasteiger partial charge in [-0.25, -0.2) is 0 Å². The standard InChI is InChI=1S/C22H18N4O5S/c27-20(11-8-15-4-3-7-18(12-15)26(29)30)23-22(32)25-24-21(28)14-31-19-10-9-16-5-1-2-6-17(16)13-19/h1-13H,14H2,(H,24,28)(H2,23,25,27,32)/b11-8+. The second-order valence-electron chi connectivity index (χ2n) is 6.47. The Kier molecular flexibility index (Phi) is 7.44. The Morgan fingerprint density at radius 1 is 1.00 bits per heavy atom. The Balaban J connectivity index is 1.41. The molecule has 3 aromatic carbocycles. The van der Waals surface area contributed by atoms with Gasteiger partial charge in [0.2, 0.25) is 5.91 Å². The lowest BCUT2D eigenvalue weighted by Gasteiger charge is -2.11. The molecule has 32 heavy (non-hydrogen) atoms. The molecule has 0 bridgehead atoms. The fourth-order valence-electron chi connectivity index (χ4n) is 2.67. The van der Waals surface area contributed by atoms with Gasteiger partial charge in [-0.2, -0.15) is 0 Å². The predicted molar refractivity (Wildman–Crippen MR) is 124 cm³/mol. The van der Waals surface area contributed by atoms with Gasteiger partial charge in [-0.3, -0.25) is 35.9 Å². The van der Waals surface area contributed by atoms with Crippen molar-refractivity contribution < 1.29 is 19.2 Å². The second-order valence-corrected chi connectivity index (χ2v) is 6.88. The van der Waals surface area contributed by atoms with Crippen molar-refractivity contribution >= 4 is 51.7 Å². The SMILES string of the molecule is O=C(/C=C/c1cccc([N+](=O)[O-])c1)NC(=S)NNC(=O)COc1ccc2ccccc2c1. The molecule has 0 aliphatic carbocycles. The summed E-state index contributed by atoms with van der Waals surface area (Å²) in [5.41, 5.74) is 5.11. The summed E-state index contributed by atoms with van der Waals surface area (Å²) in [4.78, 5) is 34.1. The number of nitro groups is 1. The topological polar surface area (TPSA) is 123 Å². The number of fused-ring (bicyclic) bond motifs is 1. The number of non-ortho nitro benzene ring substituents is 1. The van der Waals surface area contributed by atoms with Crippen LogP contribution in [0, 0.1) is 10.1 Å². The van der Waals surface area contributed by atoms with Crippen LogP contribution in [-0.2, 0) is 9.59 Å². The fraction of sp³-hybridized carbons (Fsp3) is 0.0455. The molecule has 0 saturated heterocycles. The highest BCUT2D eigenvalue weighted by molar-refractivity contribution is 7.80. The lowest BCUT2D eigenvalue weighted by atomic mass is 10.1. The van der Waals surface area contributed by atoms with Gasteiger partial charge in [0.1, 0.15) is 5.75 Å². The van der Waals surface area contributed by atoms with Crippen LogP contribution < -0.4 is 20.9 Å². The number of ether oxygens (including phenoxy) is 1. The lowest BCUT2D eigenvalue weighted by Crippen LogP contribution is -2.49. The number of hydrogen-bond donors (Lipinski definition) is 3. The number of nitrogens with zero attached hydrogens (tertiary/aromatic N) is 1. The fourth-order valence-corrected chi connectivity index (χ4v) is 2.82. The normalized spacial score (nSPS) is 10.5. The molecule has 0 saturated carbocycles. The van der Waals surface area contributed by atoms with Gasteiger partial charge < -0.3 is 4.74 Å². The molecule has 0 aromatic heterocycles. The van der Waals surface area contributed by atoms with Gasteiger partial charge in [-0.05, 0) is 46.8 Å². The molecule has 0 spiro atoms. The van der Waals surface area contributed by atoms with Gasteiger partial charge in [0.25, 0.3) is 11.6 Å². The van der Waals surface area contributed by atoms with E-state index in [0.717, 1.165) is 16.8 Å². The molecule has 3 N–H and O–H groups in total. The van der Waals surface area contributed by atoms with Crippen molar-refractivity contribution in [3.8, 4) is 5.75 Å². The number of carbonyl (C=O) groups excluding carboxylic acids is 2. The molecular weight excluding hydrogens is 432 g/mol. The molecule has 0 unspecified atom stereocenters. The number of hydrogen-bond acceptors (Lipinski definition) is 6. The second kappa shape index (κ2) is 10.6. The first-order chi connectivity index (χ1) is 15.4. The van der Waals surface area contributed by atoms with Crippen molar-refractivity contribution in [3.05, 3.63) is 88.5 Å². The van der Waals surface area contributed by atoms with Crippen LogP contribution >= 0.6 is 12.2 Å². The van der Waals surface area contributed by atoms with Crippen molar-refractivity contribution in [2.45, 2.75) is 0 Å². The predicted octanol–water partition coefficient (Wildman–Crippen LogP) is 2.86. The van der Waals surface area contributed by atoms with E-state index in [1.165, 1.54) is 24.3 Å². The van der Waals surface area contributed by atoms with Crippen LogP contribution in [0.2, 0.25) is 0 Å². The summed E-state index contributed by atoms with van der Waals surface area (Å²) in [5, 5.41) is 15.0. The van der Waals surface area contributed by atoms with Crippen LogP contribution in [0.15, 0.2) is 72.8 Å². The highest BCUT2D eigenvalue weighted by Gasteiger charge is 2.07. The van der Waals surface area contributed by atoms with Gasteiger partial charge in [0.15, 0.2) is 11.7 Å². The van der Waals surface area contributed by atoms with Crippen LogP contribution in [0.4, 0.5) is 5.69 Å². The van der Waals surface area contributed by atoms with E-state index in [0.29, 0.717) is 11.3 Å². The van der Waals surface area contributed by atoms with Crippen LogP contribution in [-0.4, -0.2) is 28.5 Å². The molecule has 2 amide bonds. The Labute approximate surface area is 188 Å². The van der Waals surface area contributed by atoms with Crippen LogP contribution in [0.25, 0.3) is 16.8 Å². The molecule has 0 aliphatic rings. The Hall–Kier alpha value is -4.31.